The van der Waals surface area contributed by atoms with Crippen molar-refractivity contribution in [1.29, 1.82) is 0 Å². The Morgan fingerprint density at radius 3 is 2.50 bits per heavy atom. The van der Waals surface area contributed by atoms with Crippen molar-refractivity contribution in [3.05, 3.63) is 98.5 Å². The minimum atomic E-state index is -0.390. The Balaban J connectivity index is 1.75. The highest BCUT2D eigenvalue weighted by Gasteiger charge is 2.11. The average molecular weight is 434 g/mol. The summed E-state index contributed by atoms with van der Waals surface area (Å²) in [5, 5.41) is 5.23. The maximum Gasteiger partial charge on any atom is 0.271 e. The van der Waals surface area contributed by atoms with Gasteiger partial charge in [0.1, 0.15) is 12.4 Å². The molecule has 4 nitrogen and oxygen atoms in total. The number of hydrogen-bond acceptors (Lipinski definition) is 3. The zero-order valence-electron chi connectivity index (χ0n) is 14.5. The second kappa shape index (κ2) is 9.60. The molecule has 142 valence electrons. The number of carbonyl (C=O) groups is 1. The van der Waals surface area contributed by atoms with E-state index in [1.807, 2.05) is 30.3 Å². The van der Waals surface area contributed by atoms with Crippen molar-refractivity contribution >= 4 is 46.9 Å². The van der Waals surface area contributed by atoms with E-state index in [-0.39, 0.29) is 0 Å². The van der Waals surface area contributed by atoms with Gasteiger partial charge in [0.2, 0.25) is 0 Å². The Morgan fingerprint density at radius 1 is 0.964 bits per heavy atom. The molecule has 0 unspecified atom stereocenters. The summed E-state index contributed by atoms with van der Waals surface area (Å²) >= 11 is 18.3. The standard InChI is InChI=1S/C21H15Cl3N2O2/c22-17-8-4-7-15(9-17)21(27)26-25-12-16-10-18(23)11-19(24)20(16)28-13-14-5-2-1-3-6-14/h1-12H,13H2,(H,26,27)/b25-12-. The number of hydrazone groups is 1. The van der Waals surface area contributed by atoms with Crippen LogP contribution in [0.2, 0.25) is 15.1 Å². The molecule has 0 radical (unpaired) electrons. The molecule has 7 heteroatoms. The molecule has 0 saturated heterocycles. The smallest absolute Gasteiger partial charge is 0.271 e. The molecule has 0 bridgehead atoms. The Morgan fingerprint density at radius 2 is 1.75 bits per heavy atom. The number of benzene rings is 3. The van der Waals surface area contributed by atoms with Crippen molar-refractivity contribution in [2.75, 3.05) is 0 Å². The highest BCUT2D eigenvalue weighted by Crippen LogP contribution is 2.32. The van der Waals surface area contributed by atoms with Crippen LogP contribution in [0.15, 0.2) is 71.8 Å². The van der Waals surface area contributed by atoms with Crippen LogP contribution >= 0.6 is 34.8 Å². The second-order valence-corrected chi connectivity index (χ2v) is 7.07. The van der Waals surface area contributed by atoms with Gasteiger partial charge in [0, 0.05) is 21.2 Å². The summed E-state index contributed by atoms with van der Waals surface area (Å²) in [7, 11) is 0. The SMILES string of the molecule is O=C(N/N=C\c1cc(Cl)cc(Cl)c1OCc1ccccc1)c1cccc(Cl)c1. The largest absolute Gasteiger partial charge is 0.487 e. The quantitative estimate of drug-likeness (QED) is 0.383. The minimum absolute atomic E-state index is 0.331. The van der Waals surface area contributed by atoms with Gasteiger partial charge in [-0.3, -0.25) is 4.79 Å². The van der Waals surface area contributed by atoms with Crippen molar-refractivity contribution in [1.82, 2.24) is 5.43 Å². The summed E-state index contributed by atoms with van der Waals surface area (Å²) < 4.78 is 5.85. The summed E-state index contributed by atoms with van der Waals surface area (Å²) in [6.07, 6.45) is 1.43. The van der Waals surface area contributed by atoms with E-state index in [0.29, 0.717) is 38.6 Å². The van der Waals surface area contributed by atoms with Crippen molar-refractivity contribution in [3.8, 4) is 5.75 Å². The van der Waals surface area contributed by atoms with Crippen molar-refractivity contribution in [3.63, 3.8) is 0 Å². The molecule has 0 saturated carbocycles. The molecule has 0 aliphatic rings. The van der Waals surface area contributed by atoms with Gasteiger partial charge >= 0.3 is 0 Å². The lowest BCUT2D eigenvalue weighted by Gasteiger charge is -2.11. The number of hydrogen-bond donors (Lipinski definition) is 1. The molecule has 0 heterocycles. The number of amides is 1. The van der Waals surface area contributed by atoms with E-state index in [4.69, 9.17) is 39.5 Å². The van der Waals surface area contributed by atoms with E-state index in [1.165, 1.54) is 6.21 Å². The van der Waals surface area contributed by atoms with Gasteiger partial charge in [0.15, 0.2) is 0 Å². The number of carbonyl (C=O) groups excluding carboxylic acids is 1. The molecule has 28 heavy (non-hydrogen) atoms. The van der Waals surface area contributed by atoms with Crippen LogP contribution in [0, 0.1) is 0 Å². The van der Waals surface area contributed by atoms with E-state index < -0.39 is 5.91 Å². The van der Waals surface area contributed by atoms with Crippen LogP contribution in [-0.4, -0.2) is 12.1 Å². The van der Waals surface area contributed by atoms with E-state index >= 15 is 0 Å². The van der Waals surface area contributed by atoms with Gasteiger partial charge in [0.05, 0.1) is 11.2 Å². The maximum atomic E-state index is 12.1. The van der Waals surface area contributed by atoms with Crippen LogP contribution in [-0.2, 0) is 6.61 Å². The van der Waals surface area contributed by atoms with Crippen LogP contribution in [0.1, 0.15) is 21.5 Å². The summed E-state index contributed by atoms with van der Waals surface area (Å²) in [5.74, 6) is 0.0364. The van der Waals surface area contributed by atoms with Gasteiger partial charge in [0.25, 0.3) is 5.91 Å². The Bertz CT molecular complexity index is 1010. The van der Waals surface area contributed by atoms with Gasteiger partial charge in [-0.15, -0.1) is 0 Å². The van der Waals surface area contributed by atoms with E-state index in [0.717, 1.165) is 5.56 Å². The third-order valence-corrected chi connectivity index (χ3v) is 4.45. The van der Waals surface area contributed by atoms with Crippen LogP contribution in [0.4, 0.5) is 0 Å². The fraction of sp³-hybridized carbons (Fsp3) is 0.0476. The fourth-order valence-electron chi connectivity index (χ4n) is 2.41. The average Bonchev–Trinajstić information content (AvgIpc) is 2.68. The highest BCUT2D eigenvalue weighted by atomic mass is 35.5. The van der Waals surface area contributed by atoms with Gasteiger partial charge in [-0.05, 0) is 35.9 Å². The van der Waals surface area contributed by atoms with Gasteiger partial charge < -0.3 is 4.74 Å². The zero-order valence-corrected chi connectivity index (χ0v) is 16.8. The van der Waals surface area contributed by atoms with E-state index in [1.54, 1.807) is 36.4 Å². The fourth-order valence-corrected chi connectivity index (χ4v) is 3.17. The van der Waals surface area contributed by atoms with Gasteiger partial charge in [-0.1, -0.05) is 71.2 Å². The Hall–Kier alpha value is -2.53. The summed E-state index contributed by atoms with van der Waals surface area (Å²) in [5.41, 5.74) is 4.38. The number of ether oxygens (including phenoxy) is 1. The third kappa shape index (κ3) is 5.49. The number of nitrogens with one attached hydrogen (secondary N) is 1. The van der Waals surface area contributed by atoms with E-state index in [9.17, 15) is 4.79 Å². The molecule has 3 aromatic carbocycles. The predicted octanol–water partition coefficient (Wildman–Crippen LogP) is 5.99. The normalized spacial score (nSPS) is 10.8. The van der Waals surface area contributed by atoms with Gasteiger partial charge in [-0.25, -0.2) is 5.43 Å². The first kappa shape index (κ1) is 20.2. The lowest BCUT2D eigenvalue weighted by molar-refractivity contribution is 0.0955. The monoisotopic (exact) mass is 432 g/mol. The Labute approximate surface area is 177 Å². The summed E-state index contributed by atoms with van der Waals surface area (Å²) in [6, 6.07) is 19.5. The van der Waals surface area contributed by atoms with Gasteiger partial charge in [-0.2, -0.15) is 5.10 Å². The lowest BCUT2D eigenvalue weighted by Crippen LogP contribution is -2.17. The summed E-state index contributed by atoms with van der Waals surface area (Å²) in [6.45, 7) is 0.331. The molecular formula is C21H15Cl3N2O2. The molecule has 0 atom stereocenters. The molecule has 0 aliphatic heterocycles. The Kier molecular flexibility index (Phi) is 6.93. The lowest BCUT2D eigenvalue weighted by atomic mass is 10.2. The van der Waals surface area contributed by atoms with E-state index in [2.05, 4.69) is 10.5 Å². The first-order chi connectivity index (χ1) is 13.5. The van der Waals surface area contributed by atoms with Crippen LogP contribution in [0.5, 0.6) is 5.75 Å². The molecular weight excluding hydrogens is 419 g/mol. The molecule has 1 amide bonds. The van der Waals surface area contributed by atoms with Crippen LogP contribution in [0.3, 0.4) is 0 Å². The zero-order chi connectivity index (χ0) is 19.9. The molecule has 3 rings (SSSR count). The predicted molar refractivity (Wildman–Crippen MR) is 114 cm³/mol. The van der Waals surface area contributed by atoms with Crippen LogP contribution < -0.4 is 10.2 Å². The topological polar surface area (TPSA) is 50.7 Å². The van der Waals surface area contributed by atoms with Crippen molar-refractivity contribution in [2.45, 2.75) is 6.61 Å². The maximum absolute atomic E-state index is 12.1. The molecule has 0 spiro atoms. The molecule has 3 aromatic rings. The highest BCUT2D eigenvalue weighted by molar-refractivity contribution is 6.36. The first-order valence-electron chi connectivity index (χ1n) is 8.27. The minimum Gasteiger partial charge on any atom is -0.487 e. The molecule has 1 N–H and O–H groups in total. The third-order valence-electron chi connectivity index (χ3n) is 3.72. The number of nitrogens with zero attached hydrogens (tertiary/aromatic N) is 1. The van der Waals surface area contributed by atoms with Crippen molar-refractivity contribution in [2.24, 2.45) is 5.10 Å². The summed E-state index contributed by atoms with van der Waals surface area (Å²) in [4.78, 5) is 12.1. The number of halogens is 3. The molecule has 0 aromatic heterocycles. The molecule has 0 fully saturated rings. The van der Waals surface area contributed by atoms with Crippen molar-refractivity contribution < 1.29 is 9.53 Å². The second-order valence-electron chi connectivity index (χ2n) is 5.79. The van der Waals surface area contributed by atoms with Crippen LogP contribution in [0.25, 0.3) is 0 Å². The molecule has 0 aliphatic carbocycles. The number of rotatable bonds is 6. The first-order valence-corrected chi connectivity index (χ1v) is 9.41.